The Balaban J connectivity index is 2.18. The zero-order valence-electron chi connectivity index (χ0n) is 8.26. The van der Waals surface area contributed by atoms with E-state index in [4.69, 9.17) is 0 Å². The number of hydrogen-bond acceptors (Lipinski definition) is 2. The van der Waals surface area contributed by atoms with E-state index in [-0.39, 0.29) is 0 Å². The van der Waals surface area contributed by atoms with Gasteiger partial charge in [0, 0.05) is 18.4 Å². The molecule has 0 saturated carbocycles. The second kappa shape index (κ2) is 4.46. The van der Waals surface area contributed by atoms with Gasteiger partial charge < -0.3 is 10.2 Å². The third-order valence-electron chi connectivity index (χ3n) is 2.21. The molecule has 1 aliphatic rings. The number of carbonyl (C=O) groups excluding carboxylic acids is 1. The maximum Gasteiger partial charge on any atom is 0.211 e. The zero-order chi connectivity index (χ0) is 10.5. The molecule has 0 radical (unpaired) electrons. The Hall–Kier alpha value is -2.03. The van der Waals surface area contributed by atoms with Gasteiger partial charge in [-0.3, -0.25) is 4.79 Å². The summed E-state index contributed by atoms with van der Waals surface area (Å²) >= 11 is 0. The lowest BCUT2D eigenvalue weighted by molar-refractivity contribution is -0.108. The topological polar surface area (TPSA) is 32.3 Å². The largest absolute Gasteiger partial charge is 0.342 e. The van der Waals surface area contributed by atoms with Crippen LogP contribution in [0, 0.1) is 0 Å². The number of amides is 1. The highest BCUT2D eigenvalue weighted by Crippen LogP contribution is 2.16. The van der Waals surface area contributed by atoms with Gasteiger partial charge in [0.05, 0.1) is 5.70 Å². The summed E-state index contributed by atoms with van der Waals surface area (Å²) in [5.74, 6) is 0. The van der Waals surface area contributed by atoms with Crippen molar-refractivity contribution in [2.75, 3.05) is 11.4 Å². The van der Waals surface area contributed by atoms with Crippen LogP contribution >= 0.6 is 0 Å². The Bertz CT molecular complexity index is 395. The Kier molecular flexibility index (Phi) is 2.83. The number of nitrogens with zero attached hydrogens (tertiary/aromatic N) is 1. The maximum absolute atomic E-state index is 10.3. The summed E-state index contributed by atoms with van der Waals surface area (Å²) in [6.45, 7) is 0.827. The summed E-state index contributed by atoms with van der Waals surface area (Å²) in [5.41, 5.74) is 1.92. The summed E-state index contributed by atoms with van der Waals surface area (Å²) in [6.07, 6.45) is 6.51. The smallest absolute Gasteiger partial charge is 0.211 e. The Morgan fingerprint density at radius 3 is 2.80 bits per heavy atom. The summed E-state index contributed by atoms with van der Waals surface area (Å²) in [4.78, 5) is 12.4. The zero-order valence-corrected chi connectivity index (χ0v) is 8.26. The molecule has 76 valence electrons. The van der Waals surface area contributed by atoms with Crippen LogP contribution < -0.4 is 10.2 Å². The molecule has 0 unspecified atom stereocenters. The van der Waals surface area contributed by atoms with Crippen LogP contribution in [0.15, 0.2) is 54.4 Å². The van der Waals surface area contributed by atoms with Gasteiger partial charge in [-0.2, -0.15) is 0 Å². The number of nitrogens with one attached hydrogen (secondary N) is 1. The number of carbonyl (C=O) groups is 1. The highest BCUT2D eigenvalue weighted by Gasteiger charge is 2.05. The lowest BCUT2D eigenvalue weighted by Gasteiger charge is -2.22. The fourth-order valence-electron chi connectivity index (χ4n) is 1.51. The van der Waals surface area contributed by atoms with Gasteiger partial charge in [-0.1, -0.05) is 24.3 Å². The van der Waals surface area contributed by atoms with Gasteiger partial charge in [0.2, 0.25) is 6.41 Å². The van der Waals surface area contributed by atoms with Crippen LogP contribution in [0.4, 0.5) is 5.69 Å². The molecule has 1 aromatic carbocycles. The molecule has 1 aromatic rings. The van der Waals surface area contributed by atoms with Crippen molar-refractivity contribution >= 4 is 12.1 Å². The average Bonchev–Trinajstić information content (AvgIpc) is 2.31. The van der Waals surface area contributed by atoms with Crippen LogP contribution in [0.3, 0.4) is 0 Å². The van der Waals surface area contributed by atoms with Crippen LogP contribution in [0.25, 0.3) is 0 Å². The Morgan fingerprint density at radius 1 is 1.27 bits per heavy atom. The molecule has 0 spiro atoms. The van der Waals surface area contributed by atoms with Crippen molar-refractivity contribution in [3.8, 4) is 0 Å². The molecular formula is C12H12N2O. The van der Waals surface area contributed by atoms with Crippen molar-refractivity contribution in [2.24, 2.45) is 0 Å². The minimum absolute atomic E-state index is 0.685. The lowest BCUT2D eigenvalue weighted by Crippen LogP contribution is -2.23. The first kappa shape index (κ1) is 9.52. The molecule has 0 saturated heterocycles. The molecule has 1 amide bonds. The number of rotatable bonds is 3. The number of hydrogen-bond donors (Lipinski definition) is 1. The highest BCUT2D eigenvalue weighted by molar-refractivity contribution is 5.57. The second-order valence-electron chi connectivity index (χ2n) is 3.24. The predicted molar refractivity (Wildman–Crippen MR) is 60.2 cm³/mol. The van der Waals surface area contributed by atoms with E-state index in [0.717, 1.165) is 17.9 Å². The van der Waals surface area contributed by atoms with Crippen molar-refractivity contribution in [2.45, 2.75) is 0 Å². The quantitative estimate of drug-likeness (QED) is 0.752. The monoisotopic (exact) mass is 200 g/mol. The summed E-state index contributed by atoms with van der Waals surface area (Å²) in [5, 5.41) is 2.64. The third kappa shape index (κ3) is 2.26. The van der Waals surface area contributed by atoms with Gasteiger partial charge in [-0.25, -0.2) is 0 Å². The van der Waals surface area contributed by atoms with Crippen LogP contribution in [0.1, 0.15) is 0 Å². The molecule has 0 aliphatic carbocycles. The molecule has 3 heteroatoms. The Morgan fingerprint density at radius 2 is 2.07 bits per heavy atom. The first-order valence-electron chi connectivity index (χ1n) is 4.80. The molecule has 1 N–H and O–H groups in total. The number of benzene rings is 1. The molecule has 0 fully saturated rings. The van der Waals surface area contributed by atoms with Crippen LogP contribution in [0.2, 0.25) is 0 Å². The molecule has 15 heavy (non-hydrogen) atoms. The summed E-state index contributed by atoms with van der Waals surface area (Å²) < 4.78 is 0. The van der Waals surface area contributed by atoms with E-state index < -0.39 is 0 Å². The normalized spacial score (nSPS) is 14.7. The van der Waals surface area contributed by atoms with Gasteiger partial charge >= 0.3 is 0 Å². The van der Waals surface area contributed by atoms with Gasteiger partial charge in [0.15, 0.2) is 0 Å². The fraction of sp³-hybridized carbons (Fsp3) is 0.0833. The van der Waals surface area contributed by atoms with Crippen molar-refractivity contribution in [3.63, 3.8) is 0 Å². The number of anilines is 1. The molecule has 0 atom stereocenters. The SMILES string of the molecule is O=CNC1=CN(c2ccccc2)CC=C1. The van der Waals surface area contributed by atoms with Gasteiger partial charge in [-0.15, -0.1) is 0 Å². The fourth-order valence-corrected chi connectivity index (χ4v) is 1.51. The number of para-hydroxylation sites is 1. The minimum Gasteiger partial charge on any atom is -0.342 e. The second-order valence-corrected chi connectivity index (χ2v) is 3.24. The average molecular weight is 200 g/mol. The van der Waals surface area contributed by atoms with Crippen LogP contribution in [-0.2, 0) is 4.79 Å². The summed E-state index contributed by atoms with van der Waals surface area (Å²) in [6, 6.07) is 10.0. The molecule has 2 rings (SSSR count). The van der Waals surface area contributed by atoms with E-state index >= 15 is 0 Å². The van der Waals surface area contributed by atoms with Gasteiger partial charge in [0.1, 0.15) is 0 Å². The van der Waals surface area contributed by atoms with E-state index in [1.807, 2.05) is 48.7 Å². The van der Waals surface area contributed by atoms with Crippen molar-refractivity contribution < 1.29 is 4.79 Å². The molecular weight excluding hydrogens is 188 g/mol. The van der Waals surface area contributed by atoms with Crippen molar-refractivity contribution in [1.82, 2.24) is 5.32 Å². The van der Waals surface area contributed by atoms with Gasteiger partial charge in [0.25, 0.3) is 0 Å². The van der Waals surface area contributed by atoms with E-state index in [9.17, 15) is 4.79 Å². The molecule has 1 aliphatic heterocycles. The molecule has 3 nitrogen and oxygen atoms in total. The standard InChI is InChI=1S/C12H12N2O/c15-10-13-11-5-4-8-14(9-11)12-6-2-1-3-7-12/h1-7,9-10H,8H2,(H,13,15). The van der Waals surface area contributed by atoms with Gasteiger partial charge in [-0.05, 0) is 18.2 Å². The predicted octanol–water partition coefficient (Wildman–Crippen LogP) is 1.65. The maximum atomic E-state index is 10.3. The van der Waals surface area contributed by atoms with E-state index in [1.54, 1.807) is 0 Å². The van der Waals surface area contributed by atoms with E-state index in [1.165, 1.54) is 0 Å². The Labute approximate surface area is 88.7 Å². The first-order valence-corrected chi connectivity index (χ1v) is 4.80. The molecule has 1 heterocycles. The molecule has 0 bridgehead atoms. The summed E-state index contributed by atoms with van der Waals surface area (Å²) in [7, 11) is 0. The lowest BCUT2D eigenvalue weighted by atomic mass is 10.2. The first-order chi connectivity index (χ1) is 7.40. The van der Waals surface area contributed by atoms with Crippen molar-refractivity contribution in [1.29, 1.82) is 0 Å². The third-order valence-corrected chi connectivity index (χ3v) is 2.21. The van der Waals surface area contributed by atoms with Crippen LogP contribution in [0.5, 0.6) is 0 Å². The molecule has 0 aromatic heterocycles. The van der Waals surface area contributed by atoms with Crippen LogP contribution in [-0.4, -0.2) is 13.0 Å². The van der Waals surface area contributed by atoms with E-state index in [2.05, 4.69) is 10.2 Å². The van der Waals surface area contributed by atoms with Crippen molar-refractivity contribution in [3.05, 3.63) is 54.4 Å². The highest BCUT2D eigenvalue weighted by atomic mass is 16.1. The van der Waals surface area contributed by atoms with E-state index in [0.29, 0.717) is 6.41 Å². The number of allylic oxidation sites excluding steroid dienone is 1. The minimum atomic E-state index is 0.685.